The molecule has 104 valence electrons. The molecule has 1 fully saturated rings. The van der Waals surface area contributed by atoms with Crippen molar-refractivity contribution in [2.45, 2.75) is 12.8 Å². The van der Waals surface area contributed by atoms with Crippen LogP contribution in [0, 0.1) is 5.92 Å². The molecule has 2 rings (SSSR count). The summed E-state index contributed by atoms with van der Waals surface area (Å²) < 4.78 is 5.30. The topological polar surface area (TPSA) is 50.4 Å². The van der Waals surface area contributed by atoms with Gasteiger partial charge in [0.25, 0.3) is 0 Å². The van der Waals surface area contributed by atoms with E-state index in [4.69, 9.17) is 16.3 Å². The molecule has 1 saturated heterocycles. The molecule has 1 aliphatic rings. The van der Waals surface area contributed by atoms with Crippen LogP contribution in [0.15, 0.2) is 24.3 Å². The second kappa shape index (κ2) is 7.48. The zero-order chi connectivity index (χ0) is 13.5. The van der Waals surface area contributed by atoms with Gasteiger partial charge in [-0.25, -0.2) is 0 Å². The molecule has 0 saturated carbocycles. The maximum absolute atomic E-state index is 11.7. The predicted octanol–water partition coefficient (Wildman–Crippen LogP) is 2.29. The van der Waals surface area contributed by atoms with Crippen molar-refractivity contribution in [1.82, 2.24) is 5.32 Å². The van der Waals surface area contributed by atoms with Gasteiger partial charge < -0.3 is 15.4 Å². The van der Waals surface area contributed by atoms with Crippen molar-refractivity contribution in [2.24, 2.45) is 5.92 Å². The van der Waals surface area contributed by atoms with Gasteiger partial charge in [-0.15, -0.1) is 0 Å². The second-order valence-electron chi connectivity index (χ2n) is 4.74. The van der Waals surface area contributed by atoms with Gasteiger partial charge in [-0.3, -0.25) is 4.79 Å². The molecular formula is C14H19ClN2O2. The van der Waals surface area contributed by atoms with E-state index in [-0.39, 0.29) is 5.91 Å². The average molecular weight is 283 g/mol. The molecule has 1 amide bonds. The van der Waals surface area contributed by atoms with Crippen molar-refractivity contribution in [2.75, 3.05) is 31.6 Å². The van der Waals surface area contributed by atoms with Gasteiger partial charge in [0.05, 0.1) is 6.54 Å². The van der Waals surface area contributed by atoms with Crippen LogP contribution in [-0.2, 0) is 9.53 Å². The van der Waals surface area contributed by atoms with Crippen LogP contribution in [0.1, 0.15) is 12.8 Å². The second-order valence-corrected chi connectivity index (χ2v) is 5.18. The van der Waals surface area contributed by atoms with Crippen LogP contribution in [0.5, 0.6) is 0 Å². The van der Waals surface area contributed by atoms with E-state index >= 15 is 0 Å². The van der Waals surface area contributed by atoms with E-state index in [2.05, 4.69) is 10.6 Å². The monoisotopic (exact) mass is 282 g/mol. The van der Waals surface area contributed by atoms with Gasteiger partial charge in [0, 0.05) is 23.9 Å². The Hall–Kier alpha value is -1.10. The SMILES string of the molecule is O=C(CNCC1CCOCC1)Nc1ccc(Cl)cc1. The highest BCUT2D eigenvalue weighted by atomic mass is 35.5. The molecule has 19 heavy (non-hydrogen) atoms. The third-order valence-electron chi connectivity index (χ3n) is 3.19. The van der Waals surface area contributed by atoms with Crippen LogP contribution in [0.2, 0.25) is 5.02 Å². The molecule has 0 aromatic heterocycles. The first-order valence-corrected chi connectivity index (χ1v) is 6.96. The molecule has 0 atom stereocenters. The summed E-state index contributed by atoms with van der Waals surface area (Å²) in [5.41, 5.74) is 0.766. The molecule has 1 aliphatic heterocycles. The normalized spacial score (nSPS) is 16.3. The van der Waals surface area contributed by atoms with Gasteiger partial charge in [0.15, 0.2) is 0 Å². The van der Waals surface area contributed by atoms with Gasteiger partial charge in [0.2, 0.25) is 5.91 Å². The summed E-state index contributed by atoms with van der Waals surface area (Å²) in [6.07, 6.45) is 2.15. The molecule has 0 radical (unpaired) electrons. The highest BCUT2D eigenvalue weighted by molar-refractivity contribution is 6.30. The number of nitrogens with one attached hydrogen (secondary N) is 2. The maximum Gasteiger partial charge on any atom is 0.238 e. The molecule has 0 unspecified atom stereocenters. The third kappa shape index (κ3) is 5.19. The van der Waals surface area contributed by atoms with Crippen molar-refractivity contribution < 1.29 is 9.53 Å². The summed E-state index contributed by atoms with van der Waals surface area (Å²) in [5, 5.41) is 6.68. The van der Waals surface area contributed by atoms with E-state index < -0.39 is 0 Å². The predicted molar refractivity (Wildman–Crippen MR) is 76.5 cm³/mol. The van der Waals surface area contributed by atoms with Gasteiger partial charge in [-0.1, -0.05) is 11.6 Å². The lowest BCUT2D eigenvalue weighted by molar-refractivity contribution is -0.115. The van der Waals surface area contributed by atoms with Crippen molar-refractivity contribution >= 4 is 23.2 Å². The summed E-state index contributed by atoms with van der Waals surface area (Å²) in [4.78, 5) is 11.7. The number of ether oxygens (including phenoxy) is 1. The number of anilines is 1. The number of carbonyl (C=O) groups is 1. The first-order valence-electron chi connectivity index (χ1n) is 6.58. The van der Waals surface area contributed by atoms with Crippen LogP contribution in [-0.4, -0.2) is 32.2 Å². The third-order valence-corrected chi connectivity index (χ3v) is 3.44. The fraction of sp³-hybridized carbons (Fsp3) is 0.500. The van der Waals surface area contributed by atoms with Gasteiger partial charge >= 0.3 is 0 Å². The van der Waals surface area contributed by atoms with E-state index in [1.807, 2.05) is 0 Å². The molecular weight excluding hydrogens is 264 g/mol. The van der Waals surface area contributed by atoms with Crippen LogP contribution < -0.4 is 10.6 Å². The van der Waals surface area contributed by atoms with Gasteiger partial charge in [0.1, 0.15) is 0 Å². The van der Waals surface area contributed by atoms with E-state index in [1.54, 1.807) is 24.3 Å². The maximum atomic E-state index is 11.7. The standard InChI is InChI=1S/C14H19ClN2O2/c15-12-1-3-13(4-2-12)17-14(18)10-16-9-11-5-7-19-8-6-11/h1-4,11,16H,5-10H2,(H,17,18). The molecule has 0 aliphatic carbocycles. The lowest BCUT2D eigenvalue weighted by atomic mass is 10.0. The summed E-state index contributed by atoms with van der Waals surface area (Å²) in [7, 11) is 0. The van der Waals surface area contributed by atoms with Gasteiger partial charge in [-0.2, -0.15) is 0 Å². The summed E-state index contributed by atoms with van der Waals surface area (Å²) in [5.74, 6) is 0.589. The van der Waals surface area contributed by atoms with Crippen LogP contribution in [0.25, 0.3) is 0 Å². The van der Waals surface area contributed by atoms with Crippen molar-refractivity contribution in [1.29, 1.82) is 0 Å². The Morgan fingerprint density at radius 2 is 1.95 bits per heavy atom. The van der Waals surface area contributed by atoms with E-state index in [1.165, 1.54) is 0 Å². The minimum atomic E-state index is -0.0330. The summed E-state index contributed by atoms with van der Waals surface area (Å²) in [6.45, 7) is 2.88. The molecule has 0 spiro atoms. The van der Waals surface area contributed by atoms with Crippen molar-refractivity contribution in [3.05, 3.63) is 29.3 Å². The molecule has 1 aromatic rings. The number of hydrogen-bond donors (Lipinski definition) is 2. The quantitative estimate of drug-likeness (QED) is 0.871. The van der Waals surface area contributed by atoms with Crippen LogP contribution in [0.4, 0.5) is 5.69 Å². The van der Waals surface area contributed by atoms with E-state index in [0.29, 0.717) is 17.5 Å². The minimum absolute atomic E-state index is 0.0330. The number of halogens is 1. The Balaban J connectivity index is 1.65. The van der Waals surface area contributed by atoms with Gasteiger partial charge in [-0.05, 0) is 49.6 Å². The number of benzene rings is 1. The molecule has 0 bridgehead atoms. The molecule has 1 heterocycles. The van der Waals surface area contributed by atoms with Crippen LogP contribution in [0.3, 0.4) is 0 Å². The zero-order valence-corrected chi connectivity index (χ0v) is 11.6. The number of carbonyl (C=O) groups excluding carboxylic acids is 1. The van der Waals surface area contributed by atoms with Crippen molar-refractivity contribution in [3.63, 3.8) is 0 Å². The average Bonchev–Trinajstić information content (AvgIpc) is 2.43. The zero-order valence-electron chi connectivity index (χ0n) is 10.8. The number of rotatable bonds is 5. The molecule has 2 N–H and O–H groups in total. The smallest absolute Gasteiger partial charge is 0.238 e. The molecule has 1 aromatic carbocycles. The first-order chi connectivity index (χ1) is 9.24. The fourth-order valence-electron chi connectivity index (χ4n) is 2.08. The molecule has 4 nitrogen and oxygen atoms in total. The number of hydrogen-bond acceptors (Lipinski definition) is 3. The number of amides is 1. The van der Waals surface area contributed by atoms with E-state index in [9.17, 15) is 4.79 Å². The van der Waals surface area contributed by atoms with E-state index in [0.717, 1.165) is 38.3 Å². The lowest BCUT2D eigenvalue weighted by Gasteiger charge is -2.22. The Kier molecular flexibility index (Phi) is 5.63. The Morgan fingerprint density at radius 1 is 1.26 bits per heavy atom. The first kappa shape index (κ1) is 14.3. The fourth-order valence-corrected chi connectivity index (χ4v) is 2.20. The van der Waals surface area contributed by atoms with Crippen LogP contribution >= 0.6 is 11.6 Å². The largest absolute Gasteiger partial charge is 0.381 e. The summed E-state index contributed by atoms with van der Waals surface area (Å²) >= 11 is 5.78. The van der Waals surface area contributed by atoms with Crippen molar-refractivity contribution in [3.8, 4) is 0 Å². The Morgan fingerprint density at radius 3 is 2.63 bits per heavy atom. The lowest BCUT2D eigenvalue weighted by Crippen LogP contribution is -2.33. The highest BCUT2D eigenvalue weighted by Gasteiger charge is 2.13. The Bertz CT molecular complexity index is 402. The summed E-state index contributed by atoms with van der Waals surface area (Å²) in [6, 6.07) is 7.09. The highest BCUT2D eigenvalue weighted by Crippen LogP contribution is 2.14. The minimum Gasteiger partial charge on any atom is -0.381 e. The Labute approximate surface area is 118 Å². The molecule has 5 heteroatoms.